The number of nitrogens with two attached hydrogens (primary N) is 1. The summed E-state index contributed by atoms with van der Waals surface area (Å²) in [6.45, 7) is 4.11. The van der Waals surface area contributed by atoms with Crippen molar-refractivity contribution < 1.29 is 0 Å². The van der Waals surface area contributed by atoms with E-state index in [-0.39, 0.29) is 0 Å². The smallest absolute Gasteiger partial charge is 0.135 e. The number of hydrogen-bond donors (Lipinski definition) is 1. The molecule has 0 unspecified atom stereocenters. The summed E-state index contributed by atoms with van der Waals surface area (Å²) >= 11 is 0. The Morgan fingerprint density at radius 1 is 1.12 bits per heavy atom. The van der Waals surface area contributed by atoms with Crippen molar-refractivity contribution in [2.24, 2.45) is 0 Å². The second kappa shape index (κ2) is 4.31. The van der Waals surface area contributed by atoms with Crippen LogP contribution >= 0.6 is 0 Å². The Kier molecular flexibility index (Phi) is 2.86. The molecular weight excluding hydrogens is 198 g/mol. The molecule has 0 saturated carbocycles. The van der Waals surface area contributed by atoms with E-state index in [0.717, 1.165) is 17.0 Å². The number of hydrogen-bond acceptors (Lipinski definition) is 3. The number of anilines is 1. The molecule has 0 fully saturated rings. The maximum atomic E-state index is 5.94. The van der Waals surface area contributed by atoms with Gasteiger partial charge < -0.3 is 5.73 Å². The fraction of sp³-hybridized carbons (Fsp3) is 0.231. The zero-order valence-electron chi connectivity index (χ0n) is 9.51. The average molecular weight is 213 g/mol. The molecule has 1 heterocycles. The van der Waals surface area contributed by atoms with Gasteiger partial charge in [0.15, 0.2) is 0 Å². The van der Waals surface area contributed by atoms with Crippen molar-refractivity contribution in [1.82, 2.24) is 9.97 Å². The Bertz CT molecular complexity index is 478. The topological polar surface area (TPSA) is 51.8 Å². The number of nitrogen functional groups attached to an aromatic ring is 1. The van der Waals surface area contributed by atoms with Crippen molar-refractivity contribution >= 4 is 5.82 Å². The van der Waals surface area contributed by atoms with Gasteiger partial charge in [-0.25, -0.2) is 9.97 Å². The largest absolute Gasteiger partial charge is 0.383 e. The monoisotopic (exact) mass is 213 g/mol. The lowest BCUT2D eigenvalue weighted by Gasteiger charge is -2.08. The van der Waals surface area contributed by atoms with Crippen LogP contribution < -0.4 is 5.73 Å². The highest BCUT2D eigenvalue weighted by Crippen LogP contribution is 2.24. The van der Waals surface area contributed by atoms with Gasteiger partial charge in [0.1, 0.15) is 11.6 Å². The molecule has 1 aromatic heterocycles. The van der Waals surface area contributed by atoms with Crippen LogP contribution in [0.4, 0.5) is 5.82 Å². The summed E-state index contributed by atoms with van der Waals surface area (Å²) in [4.78, 5) is 8.64. The van der Waals surface area contributed by atoms with Crippen LogP contribution in [0.25, 0.3) is 11.1 Å². The highest BCUT2D eigenvalue weighted by molar-refractivity contribution is 5.72. The van der Waals surface area contributed by atoms with Gasteiger partial charge >= 0.3 is 0 Å². The van der Waals surface area contributed by atoms with Gasteiger partial charge in [-0.1, -0.05) is 44.2 Å². The lowest BCUT2D eigenvalue weighted by Crippen LogP contribution is -2.02. The molecule has 0 spiro atoms. The molecule has 3 heteroatoms. The van der Waals surface area contributed by atoms with Crippen molar-refractivity contribution in [3.05, 3.63) is 42.4 Å². The van der Waals surface area contributed by atoms with Gasteiger partial charge in [0.25, 0.3) is 0 Å². The molecule has 0 aliphatic rings. The molecule has 2 N–H and O–H groups in total. The minimum Gasteiger partial charge on any atom is -0.383 e. The molecule has 0 saturated heterocycles. The highest BCUT2D eigenvalue weighted by atomic mass is 14.9. The molecule has 0 aliphatic heterocycles. The minimum atomic E-state index is 0.298. The van der Waals surface area contributed by atoms with Gasteiger partial charge in [0.2, 0.25) is 0 Å². The first kappa shape index (κ1) is 10.6. The molecule has 2 rings (SSSR count). The lowest BCUT2D eigenvalue weighted by atomic mass is 10.1. The summed E-state index contributed by atoms with van der Waals surface area (Å²) in [5.74, 6) is 1.63. The van der Waals surface area contributed by atoms with E-state index < -0.39 is 0 Å². The molecule has 0 amide bonds. The summed E-state index contributed by atoms with van der Waals surface area (Å²) in [6.07, 6.45) is 1.80. The van der Waals surface area contributed by atoms with E-state index in [4.69, 9.17) is 5.73 Å². The van der Waals surface area contributed by atoms with E-state index in [1.807, 2.05) is 30.3 Å². The summed E-state index contributed by atoms with van der Waals surface area (Å²) in [7, 11) is 0. The second-order valence-corrected chi connectivity index (χ2v) is 4.05. The third-order valence-corrected chi connectivity index (χ3v) is 2.44. The standard InChI is InChI=1S/C13H15N3/c1-9(2)13-15-8-11(12(14)16-13)10-6-4-3-5-7-10/h3-9H,1-2H3,(H2,14,15,16). The molecule has 3 nitrogen and oxygen atoms in total. The minimum absolute atomic E-state index is 0.298. The normalized spacial score (nSPS) is 10.7. The van der Waals surface area contributed by atoms with E-state index in [2.05, 4.69) is 23.8 Å². The molecule has 0 aliphatic carbocycles. The van der Waals surface area contributed by atoms with E-state index in [9.17, 15) is 0 Å². The van der Waals surface area contributed by atoms with Crippen LogP contribution in [0.15, 0.2) is 36.5 Å². The summed E-state index contributed by atoms with van der Waals surface area (Å²) < 4.78 is 0. The molecule has 2 aromatic rings. The van der Waals surface area contributed by atoms with Crippen LogP contribution in [0.1, 0.15) is 25.6 Å². The van der Waals surface area contributed by atoms with Crippen LogP contribution in [0, 0.1) is 0 Å². The van der Waals surface area contributed by atoms with Crippen molar-refractivity contribution in [2.45, 2.75) is 19.8 Å². The van der Waals surface area contributed by atoms with Gasteiger partial charge in [-0.05, 0) is 5.56 Å². The fourth-order valence-electron chi connectivity index (χ4n) is 1.53. The Hall–Kier alpha value is -1.90. The molecular formula is C13H15N3. The van der Waals surface area contributed by atoms with Crippen molar-refractivity contribution in [2.75, 3.05) is 5.73 Å². The van der Waals surface area contributed by atoms with Crippen molar-refractivity contribution in [1.29, 1.82) is 0 Å². The number of rotatable bonds is 2. The molecule has 0 bridgehead atoms. The second-order valence-electron chi connectivity index (χ2n) is 4.05. The summed E-state index contributed by atoms with van der Waals surface area (Å²) in [5, 5.41) is 0. The van der Waals surface area contributed by atoms with E-state index in [1.165, 1.54) is 0 Å². The first-order valence-corrected chi connectivity index (χ1v) is 5.36. The first-order valence-electron chi connectivity index (χ1n) is 5.36. The quantitative estimate of drug-likeness (QED) is 0.834. The van der Waals surface area contributed by atoms with Crippen LogP contribution in [0.5, 0.6) is 0 Å². The Labute approximate surface area is 95.4 Å². The third-order valence-electron chi connectivity index (χ3n) is 2.44. The predicted octanol–water partition coefficient (Wildman–Crippen LogP) is 2.85. The van der Waals surface area contributed by atoms with Crippen LogP contribution in [-0.2, 0) is 0 Å². The molecule has 82 valence electrons. The third kappa shape index (κ3) is 2.03. The number of aromatic nitrogens is 2. The SMILES string of the molecule is CC(C)c1ncc(-c2ccccc2)c(N)n1. The van der Waals surface area contributed by atoms with Crippen LogP contribution in [0.2, 0.25) is 0 Å². The summed E-state index contributed by atoms with van der Waals surface area (Å²) in [5.41, 5.74) is 7.88. The van der Waals surface area contributed by atoms with Gasteiger partial charge in [-0.15, -0.1) is 0 Å². The zero-order valence-corrected chi connectivity index (χ0v) is 9.51. The Balaban J connectivity index is 2.45. The van der Waals surface area contributed by atoms with Gasteiger partial charge in [0, 0.05) is 17.7 Å². The Morgan fingerprint density at radius 2 is 1.81 bits per heavy atom. The van der Waals surface area contributed by atoms with Gasteiger partial charge in [0.05, 0.1) is 0 Å². The lowest BCUT2D eigenvalue weighted by molar-refractivity contribution is 0.777. The zero-order chi connectivity index (χ0) is 11.5. The van der Waals surface area contributed by atoms with Crippen molar-refractivity contribution in [3.8, 4) is 11.1 Å². The maximum absolute atomic E-state index is 5.94. The maximum Gasteiger partial charge on any atom is 0.135 e. The highest BCUT2D eigenvalue weighted by Gasteiger charge is 2.08. The Morgan fingerprint density at radius 3 is 2.38 bits per heavy atom. The number of nitrogens with zero attached hydrogens (tertiary/aromatic N) is 2. The molecule has 0 atom stereocenters. The van der Waals surface area contributed by atoms with E-state index >= 15 is 0 Å². The fourth-order valence-corrected chi connectivity index (χ4v) is 1.53. The van der Waals surface area contributed by atoms with E-state index in [0.29, 0.717) is 11.7 Å². The van der Waals surface area contributed by atoms with Gasteiger partial charge in [-0.2, -0.15) is 0 Å². The molecule has 16 heavy (non-hydrogen) atoms. The van der Waals surface area contributed by atoms with E-state index in [1.54, 1.807) is 6.20 Å². The van der Waals surface area contributed by atoms with Gasteiger partial charge in [-0.3, -0.25) is 0 Å². The summed E-state index contributed by atoms with van der Waals surface area (Å²) in [6, 6.07) is 9.94. The average Bonchev–Trinajstić information content (AvgIpc) is 2.30. The van der Waals surface area contributed by atoms with Crippen LogP contribution in [0.3, 0.4) is 0 Å². The number of benzene rings is 1. The molecule has 1 aromatic carbocycles. The first-order chi connectivity index (χ1) is 7.68. The molecule has 0 radical (unpaired) electrons. The predicted molar refractivity (Wildman–Crippen MR) is 66.0 cm³/mol. The van der Waals surface area contributed by atoms with Crippen molar-refractivity contribution in [3.63, 3.8) is 0 Å². The van der Waals surface area contributed by atoms with Crippen LogP contribution in [-0.4, -0.2) is 9.97 Å².